The second-order valence-electron chi connectivity index (χ2n) is 8.79. The van der Waals surface area contributed by atoms with Gasteiger partial charge in [0, 0.05) is 17.1 Å². The van der Waals surface area contributed by atoms with Crippen LogP contribution in [0.2, 0.25) is 0 Å². The monoisotopic (exact) mass is 565 g/mol. The number of nitrogens with zero attached hydrogens (tertiary/aromatic N) is 2. The van der Waals surface area contributed by atoms with Crippen molar-refractivity contribution in [3.05, 3.63) is 58.6 Å². The molecule has 1 fully saturated rings. The molecule has 0 spiro atoms. The summed E-state index contributed by atoms with van der Waals surface area (Å²) in [5.74, 6) is -0.0985. The number of hydrogen-bond donors (Lipinski definition) is 1. The molecule has 2 amide bonds. The Morgan fingerprint density at radius 2 is 1.83 bits per heavy atom. The Balaban J connectivity index is 1.89. The highest BCUT2D eigenvalue weighted by molar-refractivity contribution is 9.10. The van der Waals surface area contributed by atoms with Crippen LogP contribution in [0.1, 0.15) is 38.2 Å². The van der Waals surface area contributed by atoms with E-state index in [0.717, 1.165) is 41.8 Å². The van der Waals surface area contributed by atoms with Gasteiger partial charge in [-0.15, -0.1) is 0 Å². The van der Waals surface area contributed by atoms with Gasteiger partial charge < -0.3 is 15.0 Å². The first-order valence-corrected chi connectivity index (χ1v) is 14.2. The molecule has 2 aromatic rings. The molecular weight excluding hydrogens is 534 g/mol. The molecule has 0 radical (unpaired) electrons. The fourth-order valence-electron chi connectivity index (χ4n) is 4.19. The van der Waals surface area contributed by atoms with E-state index in [4.69, 9.17) is 4.74 Å². The van der Waals surface area contributed by atoms with E-state index in [0.29, 0.717) is 15.9 Å². The topological polar surface area (TPSA) is 96.0 Å². The van der Waals surface area contributed by atoms with Crippen molar-refractivity contribution in [1.29, 1.82) is 0 Å². The Hall–Kier alpha value is -2.59. The van der Waals surface area contributed by atoms with Gasteiger partial charge in [0.2, 0.25) is 21.8 Å². The SMILES string of the molecule is COc1cccc(CN(C(=O)CN(c2cccc(Br)c2)S(C)(=O)=O)C(C)C(=O)NC2CCCC2)c1. The summed E-state index contributed by atoms with van der Waals surface area (Å²) in [5.41, 5.74) is 1.13. The van der Waals surface area contributed by atoms with Crippen LogP contribution in [0, 0.1) is 0 Å². The van der Waals surface area contributed by atoms with E-state index in [9.17, 15) is 18.0 Å². The fourth-order valence-corrected chi connectivity index (χ4v) is 5.42. The average Bonchev–Trinajstić information content (AvgIpc) is 3.32. The van der Waals surface area contributed by atoms with Gasteiger partial charge in [-0.3, -0.25) is 13.9 Å². The Morgan fingerprint density at radius 1 is 1.14 bits per heavy atom. The van der Waals surface area contributed by atoms with Crippen LogP contribution in [0.3, 0.4) is 0 Å². The third-order valence-electron chi connectivity index (χ3n) is 6.13. The molecule has 1 unspecified atom stereocenters. The number of rotatable bonds is 10. The second-order valence-corrected chi connectivity index (χ2v) is 11.6. The third kappa shape index (κ3) is 7.44. The van der Waals surface area contributed by atoms with Gasteiger partial charge in [0.15, 0.2) is 0 Å². The van der Waals surface area contributed by atoms with Crippen LogP contribution < -0.4 is 14.4 Å². The molecule has 0 heterocycles. The lowest BCUT2D eigenvalue weighted by atomic mass is 10.1. The highest BCUT2D eigenvalue weighted by atomic mass is 79.9. The highest BCUT2D eigenvalue weighted by Crippen LogP contribution is 2.24. The van der Waals surface area contributed by atoms with Crippen molar-refractivity contribution < 1.29 is 22.7 Å². The largest absolute Gasteiger partial charge is 0.497 e. The molecule has 8 nitrogen and oxygen atoms in total. The standard InChI is InChI=1S/C25H32BrN3O5S/c1-18(25(31)27-21-10-4-5-11-21)28(16-19-8-6-13-23(14-19)34-2)24(30)17-29(35(3,32)33)22-12-7-9-20(26)15-22/h6-9,12-15,18,21H,4-5,10-11,16-17H2,1-3H3,(H,27,31). The van der Waals surface area contributed by atoms with Gasteiger partial charge in [-0.25, -0.2) is 8.42 Å². The number of carbonyl (C=O) groups excluding carboxylic acids is 2. The molecule has 0 bridgehead atoms. The number of halogens is 1. The van der Waals surface area contributed by atoms with Crippen LogP contribution in [0.4, 0.5) is 5.69 Å². The number of anilines is 1. The van der Waals surface area contributed by atoms with Crippen molar-refractivity contribution in [2.75, 3.05) is 24.2 Å². The molecule has 1 aliphatic rings. The number of carbonyl (C=O) groups is 2. The zero-order chi connectivity index (χ0) is 25.6. The van der Waals surface area contributed by atoms with Crippen molar-refractivity contribution in [1.82, 2.24) is 10.2 Å². The van der Waals surface area contributed by atoms with Gasteiger partial charge in [-0.05, 0) is 55.7 Å². The number of hydrogen-bond acceptors (Lipinski definition) is 5. The lowest BCUT2D eigenvalue weighted by Crippen LogP contribution is -2.52. The number of amides is 2. The molecule has 35 heavy (non-hydrogen) atoms. The van der Waals surface area contributed by atoms with Gasteiger partial charge in [0.05, 0.1) is 19.1 Å². The molecule has 1 N–H and O–H groups in total. The van der Waals surface area contributed by atoms with Crippen molar-refractivity contribution in [2.24, 2.45) is 0 Å². The maximum absolute atomic E-state index is 13.6. The summed E-state index contributed by atoms with van der Waals surface area (Å²) < 4.78 is 32.3. The summed E-state index contributed by atoms with van der Waals surface area (Å²) in [5, 5.41) is 3.05. The number of ether oxygens (including phenoxy) is 1. The second kappa shape index (κ2) is 11.9. The van der Waals surface area contributed by atoms with E-state index in [1.54, 1.807) is 50.4 Å². The van der Waals surface area contributed by atoms with Gasteiger partial charge in [0.1, 0.15) is 18.3 Å². The molecule has 10 heteroatoms. The molecule has 0 aliphatic heterocycles. The van der Waals surface area contributed by atoms with E-state index in [1.165, 1.54) is 4.90 Å². The molecule has 0 saturated heterocycles. The molecule has 190 valence electrons. The van der Waals surface area contributed by atoms with Crippen LogP contribution in [0.25, 0.3) is 0 Å². The molecule has 3 rings (SSSR count). The van der Waals surface area contributed by atoms with Crippen molar-refractivity contribution in [3.8, 4) is 5.75 Å². The molecule has 2 aromatic carbocycles. The Kier molecular flexibility index (Phi) is 9.18. The quantitative estimate of drug-likeness (QED) is 0.473. The maximum Gasteiger partial charge on any atom is 0.244 e. The van der Waals surface area contributed by atoms with Crippen LogP contribution in [0.15, 0.2) is 53.0 Å². The van der Waals surface area contributed by atoms with E-state index in [2.05, 4.69) is 21.2 Å². The van der Waals surface area contributed by atoms with Gasteiger partial charge in [0.25, 0.3) is 0 Å². The lowest BCUT2D eigenvalue weighted by molar-refractivity contribution is -0.139. The number of sulfonamides is 1. The Bertz CT molecular complexity index is 1150. The van der Waals surface area contributed by atoms with Gasteiger partial charge >= 0.3 is 0 Å². The predicted molar refractivity (Wildman–Crippen MR) is 140 cm³/mol. The lowest BCUT2D eigenvalue weighted by Gasteiger charge is -2.32. The molecule has 0 aromatic heterocycles. The van der Waals surface area contributed by atoms with Crippen LogP contribution in [0.5, 0.6) is 5.75 Å². The smallest absolute Gasteiger partial charge is 0.244 e. The van der Waals surface area contributed by atoms with Crippen LogP contribution in [-0.4, -0.2) is 57.1 Å². The van der Waals surface area contributed by atoms with E-state index in [1.807, 2.05) is 12.1 Å². The molecular formula is C25H32BrN3O5S. The fraction of sp³-hybridized carbons (Fsp3) is 0.440. The van der Waals surface area contributed by atoms with Gasteiger partial charge in [-0.1, -0.05) is 47.0 Å². The summed E-state index contributed by atoms with van der Waals surface area (Å²) in [6, 6.07) is 13.3. The Morgan fingerprint density at radius 3 is 2.46 bits per heavy atom. The zero-order valence-corrected chi connectivity index (χ0v) is 22.6. The molecule has 1 atom stereocenters. The van der Waals surface area contributed by atoms with Crippen LogP contribution in [-0.2, 0) is 26.2 Å². The summed E-state index contributed by atoms with van der Waals surface area (Å²) in [6.07, 6.45) is 5.05. The van der Waals surface area contributed by atoms with Crippen molar-refractivity contribution in [2.45, 2.75) is 51.2 Å². The normalized spacial score (nSPS) is 14.9. The van der Waals surface area contributed by atoms with Gasteiger partial charge in [-0.2, -0.15) is 0 Å². The highest BCUT2D eigenvalue weighted by Gasteiger charge is 2.31. The molecule has 1 aliphatic carbocycles. The van der Waals surface area contributed by atoms with Crippen molar-refractivity contribution in [3.63, 3.8) is 0 Å². The first-order valence-electron chi connectivity index (χ1n) is 11.5. The summed E-state index contributed by atoms with van der Waals surface area (Å²) in [6.45, 7) is 1.37. The van der Waals surface area contributed by atoms with E-state index >= 15 is 0 Å². The minimum absolute atomic E-state index is 0.105. The minimum Gasteiger partial charge on any atom is -0.497 e. The minimum atomic E-state index is -3.77. The predicted octanol–water partition coefficient (Wildman–Crippen LogP) is 3.70. The summed E-state index contributed by atoms with van der Waals surface area (Å²) in [7, 11) is -2.21. The summed E-state index contributed by atoms with van der Waals surface area (Å²) in [4.78, 5) is 28.1. The first-order chi connectivity index (χ1) is 16.6. The third-order valence-corrected chi connectivity index (χ3v) is 7.77. The average molecular weight is 567 g/mol. The van der Waals surface area contributed by atoms with E-state index < -0.39 is 28.5 Å². The first kappa shape index (κ1) is 27.0. The van der Waals surface area contributed by atoms with E-state index in [-0.39, 0.29) is 18.5 Å². The Labute approximate surface area is 215 Å². The summed E-state index contributed by atoms with van der Waals surface area (Å²) >= 11 is 3.35. The number of benzene rings is 2. The number of methoxy groups -OCH3 is 1. The number of nitrogens with one attached hydrogen (secondary N) is 1. The molecule has 1 saturated carbocycles. The van der Waals surface area contributed by atoms with Crippen LogP contribution >= 0.6 is 15.9 Å². The van der Waals surface area contributed by atoms with Crippen molar-refractivity contribution >= 4 is 43.5 Å². The zero-order valence-electron chi connectivity index (χ0n) is 20.2. The maximum atomic E-state index is 13.6.